The summed E-state index contributed by atoms with van der Waals surface area (Å²) in [6.07, 6.45) is 0.647. The lowest BCUT2D eigenvalue weighted by atomic mass is 10.1. The quantitative estimate of drug-likeness (QED) is 0.263. The Balaban J connectivity index is 1.53. The maximum Gasteiger partial charge on any atom is 0.307 e. The fourth-order valence-electron chi connectivity index (χ4n) is 2.88. The molecule has 0 aliphatic carbocycles. The summed E-state index contributed by atoms with van der Waals surface area (Å²) in [5.74, 6) is 0.407. The van der Waals surface area contributed by atoms with Gasteiger partial charge in [-0.2, -0.15) is 0 Å². The number of rotatable bonds is 11. The van der Waals surface area contributed by atoms with Crippen LogP contribution in [0.5, 0.6) is 11.5 Å². The van der Waals surface area contributed by atoms with Crippen molar-refractivity contribution in [1.29, 1.82) is 0 Å². The number of para-hydroxylation sites is 1. The van der Waals surface area contributed by atoms with Crippen LogP contribution in [0.1, 0.15) is 12.0 Å². The average Bonchev–Trinajstić information content (AvgIpc) is 2.79. The van der Waals surface area contributed by atoms with Crippen LogP contribution in [0.2, 0.25) is 5.02 Å². The molecule has 0 aliphatic rings. The molecule has 3 aromatic rings. The summed E-state index contributed by atoms with van der Waals surface area (Å²) in [7, 11) is 1.83. The van der Waals surface area contributed by atoms with Gasteiger partial charge in [-0.05, 0) is 48.0 Å². The summed E-state index contributed by atoms with van der Waals surface area (Å²) in [6.45, 7) is 0.882. The van der Waals surface area contributed by atoms with E-state index in [9.17, 15) is 4.79 Å². The van der Waals surface area contributed by atoms with Crippen LogP contribution in [-0.4, -0.2) is 31.3 Å². The third kappa shape index (κ3) is 6.99. The number of carbonyl (C=O) groups is 1. The highest BCUT2D eigenvalue weighted by atomic mass is 35.5. The maximum atomic E-state index is 10.7. The number of hydrogen-bond acceptors (Lipinski definition) is 6. The number of azo groups is 1. The molecule has 2 N–H and O–H groups in total. The number of aliphatic carboxylic acids is 1. The second-order valence-corrected chi connectivity index (χ2v) is 7.28. The smallest absolute Gasteiger partial charge is 0.307 e. The van der Waals surface area contributed by atoms with E-state index in [-0.39, 0.29) is 6.42 Å². The standard InChI is InChI=1S/C24H24ClN3O4/c1-26-20-5-2-3-6-21(20)27-28-22-16-18(25)9-12-23(22)32-14-4-13-31-19-10-7-17(8-11-19)15-24(29)30/h2-3,5-12,16,26H,4,13-15H2,1H3,(H,29,30). The van der Waals surface area contributed by atoms with E-state index in [1.807, 2.05) is 31.3 Å². The van der Waals surface area contributed by atoms with Crippen LogP contribution in [0.3, 0.4) is 0 Å². The first-order valence-corrected chi connectivity index (χ1v) is 10.5. The van der Waals surface area contributed by atoms with Crippen molar-refractivity contribution >= 4 is 34.6 Å². The van der Waals surface area contributed by atoms with Crippen LogP contribution in [0.25, 0.3) is 0 Å². The molecule has 0 unspecified atom stereocenters. The van der Waals surface area contributed by atoms with Gasteiger partial charge in [-0.25, -0.2) is 0 Å². The molecule has 166 valence electrons. The Kier molecular flexibility index (Phi) is 8.45. The van der Waals surface area contributed by atoms with Crippen molar-refractivity contribution in [3.8, 4) is 11.5 Å². The Morgan fingerprint density at radius 1 is 0.969 bits per heavy atom. The van der Waals surface area contributed by atoms with Gasteiger partial charge in [0.25, 0.3) is 0 Å². The molecular weight excluding hydrogens is 430 g/mol. The van der Waals surface area contributed by atoms with Crippen molar-refractivity contribution in [2.24, 2.45) is 10.2 Å². The number of carboxylic acid groups (broad SMARTS) is 1. The van der Waals surface area contributed by atoms with E-state index < -0.39 is 5.97 Å². The zero-order valence-corrected chi connectivity index (χ0v) is 18.4. The minimum Gasteiger partial charge on any atom is -0.493 e. The fraction of sp³-hybridized carbons (Fsp3) is 0.208. The highest BCUT2D eigenvalue weighted by molar-refractivity contribution is 6.30. The average molecular weight is 454 g/mol. The van der Waals surface area contributed by atoms with Gasteiger partial charge in [-0.15, -0.1) is 10.2 Å². The summed E-state index contributed by atoms with van der Waals surface area (Å²) in [6, 6.07) is 19.8. The molecule has 32 heavy (non-hydrogen) atoms. The summed E-state index contributed by atoms with van der Waals surface area (Å²) in [4.78, 5) is 10.7. The summed E-state index contributed by atoms with van der Waals surface area (Å²) in [5, 5.41) is 21.1. The first kappa shape index (κ1) is 23.1. The number of nitrogens with zero attached hydrogens (tertiary/aromatic N) is 2. The molecule has 3 aromatic carbocycles. The predicted octanol–water partition coefficient (Wildman–Crippen LogP) is 6.27. The molecular formula is C24H24ClN3O4. The molecule has 0 aliphatic heterocycles. The van der Waals surface area contributed by atoms with E-state index in [4.69, 9.17) is 26.2 Å². The summed E-state index contributed by atoms with van der Waals surface area (Å²) in [5.41, 5.74) is 2.85. The SMILES string of the molecule is CNc1ccccc1N=Nc1cc(Cl)ccc1OCCCOc1ccc(CC(=O)O)cc1. The number of hydrogen-bond donors (Lipinski definition) is 2. The number of ether oxygens (including phenoxy) is 2. The van der Waals surface area contributed by atoms with Crippen molar-refractivity contribution in [2.75, 3.05) is 25.6 Å². The normalized spacial score (nSPS) is 10.8. The lowest BCUT2D eigenvalue weighted by molar-refractivity contribution is -0.136. The van der Waals surface area contributed by atoms with Gasteiger partial charge in [0.2, 0.25) is 0 Å². The third-order valence-electron chi connectivity index (χ3n) is 4.45. The minimum atomic E-state index is -0.858. The molecule has 0 aromatic heterocycles. The zero-order chi connectivity index (χ0) is 22.8. The summed E-state index contributed by atoms with van der Waals surface area (Å²) < 4.78 is 11.6. The molecule has 0 heterocycles. The predicted molar refractivity (Wildman–Crippen MR) is 125 cm³/mol. The van der Waals surface area contributed by atoms with Crippen LogP contribution in [0, 0.1) is 0 Å². The van der Waals surface area contributed by atoms with Gasteiger partial charge in [0.05, 0.1) is 25.3 Å². The van der Waals surface area contributed by atoms with E-state index in [1.54, 1.807) is 42.5 Å². The van der Waals surface area contributed by atoms with E-state index in [2.05, 4.69) is 15.5 Å². The fourth-order valence-corrected chi connectivity index (χ4v) is 3.05. The Labute approximate surface area is 191 Å². The van der Waals surface area contributed by atoms with Crippen LogP contribution in [-0.2, 0) is 11.2 Å². The Morgan fingerprint density at radius 3 is 2.44 bits per heavy atom. The van der Waals surface area contributed by atoms with Crippen molar-refractivity contribution in [3.05, 3.63) is 77.3 Å². The molecule has 7 nitrogen and oxygen atoms in total. The topological polar surface area (TPSA) is 92.5 Å². The maximum absolute atomic E-state index is 10.7. The lowest BCUT2D eigenvalue weighted by Crippen LogP contribution is -2.05. The van der Waals surface area contributed by atoms with E-state index >= 15 is 0 Å². The van der Waals surface area contributed by atoms with Gasteiger partial charge in [-0.1, -0.05) is 35.9 Å². The van der Waals surface area contributed by atoms with Gasteiger partial charge in [0.15, 0.2) is 0 Å². The third-order valence-corrected chi connectivity index (χ3v) is 4.69. The Bertz CT molecular complexity index is 1070. The van der Waals surface area contributed by atoms with E-state index in [0.717, 1.165) is 11.3 Å². The van der Waals surface area contributed by atoms with Gasteiger partial charge in [0, 0.05) is 18.5 Å². The number of benzene rings is 3. The van der Waals surface area contributed by atoms with Crippen molar-refractivity contribution in [2.45, 2.75) is 12.8 Å². The highest BCUT2D eigenvalue weighted by Crippen LogP contribution is 2.33. The zero-order valence-electron chi connectivity index (χ0n) is 17.6. The molecule has 0 amide bonds. The molecule has 0 fully saturated rings. The minimum absolute atomic E-state index is 0.00454. The molecule has 3 rings (SSSR count). The first-order chi connectivity index (χ1) is 15.5. The molecule has 0 radical (unpaired) electrons. The molecule has 0 bridgehead atoms. The number of nitrogens with one attached hydrogen (secondary N) is 1. The number of carboxylic acids is 1. The van der Waals surface area contributed by atoms with Gasteiger partial charge < -0.3 is 19.9 Å². The first-order valence-electron chi connectivity index (χ1n) is 10.1. The van der Waals surface area contributed by atoms with E-state index in [1.165, 1.54) is 0 Å². The lowest BCUT2D eigenvalue weighted by Gasteiger charge is -2.10. The molecule has 8 heteroatoms. The molecule has 0 saturated heterocycles. The van der Waals surface area contributed by atoms with E-state index in [0.29, 0.717) is 47.5 Å². The van der Waals surface area contributed by atoms with Crippen LogP contribution >= 0.6 is 11.6 Å². The molecule has 0 saturated carbocycles. The van der Waals surface area contributed by atoms with Gasteiger partial charge in [-0.3, -0.25) is 4.79 Å². The van der Waals surface area contributed by atoms with Crippen molar-refractivity contribution < 1.29 is 19.4 Å². The molecule has 0 spiro atoms. The largest absolute Gasteiger partial charge is 0.493 e. The van der Waals surface area contributed by atoms with Crippen LogP contribution in [0.15, 0.2) is 77.0 Å². The van der Waals surface area contributed by atoms with Crippen molar-refractivity contribution in [3.63, 3.8) is 0 Å². The van der Waals surface area contributed by atoms with Crippen LogP contribution < -0.4 is 14.8 Å². The van der Waals surface area contributed by atoms with Gasteiger partial charge >= 0.3 is 5.97 Å². The summed E-state index contributed by atoms with van der Waals surface area (Å²) >= 11 is 6.13. The Morgan fingerprint density at radius 2 is 1.69 bits per heavy atom. The Hall–Kier alpha value is -3.58. The second-order valence-electron chi connectivity index (χ2n) is 6.84. The monoisotopic (exact) mass is 453 g/mol. The number of halogens is 1. The number of anilines is 1. The van der Waals surface area contributed by atoms with Crippen molar-refractivity contribution in [1.82, 2.24) is 0 Å². The van der Waals surface area contributed by atoms with Crippen LogP contribution in [0.4, 0.5) is 17.1 Å². The highest BCUT2D eigenvalue weighted by Gasteiger charge is 2.06. The molecule has 0 atom stereocenters. The second kappa shape index (κ2) is 11.7. The van der Waals surface area contributed by atoms with Gasteiger partial charge in [0.1, 0.15) is 22.9 Å².